The molecule has 1 aliphatic rings. The molecule has 114 valence electrons. The summed E-state index contributed by atoms with van der Waals surface area (Å²) in [5, 5.41) is 4.11. The number of aromatic nitrogens is 2. The fourth-order valence-electron chi connectivity index (χ4n) is 2.89. The Labute approximate surface area is 121 Å². The average molecular weight is 281 g/mol. The SMILES string of the molecule is CCCC(OCC)c1noc(C2(N)CCCCCC2)n1. The zero-order valence-corrected chi connectivity index (χ0v) is 12.7. The van der Waals surface area contributed by atoms with Crippen LogP contribution < -0.4 is 5.73 Å². The smallest absolute Gasteiger partial charge is 0.246 e. The van der Waals surface area contributed by atoms with E-state index in [1.165, 1.54) is 12.8 Å². The molecule has 1 heterocycles. The predicted molar refractivity (Wildman–Crippen MR) is 77.1 cm³/mol. The van der Waals surface area contributed by atoms with Crippen LogP contribution in [0.25, 0.3) is 0 Å². The summed E-state index contributed by atoms with van der Waals surface area (Å²) in [5.74, 6) is 1.24. The summed E-state index contributed by atoms with van der Waals surface area (Å²) in [6.45, 7) is 4.77. The van der Waals surface area contributed by atoms with E-state index in [1.54, 1.807) is 0 Å². The largest absolute Gasteiger partial charge is 0.370 e. The Bertz CT molecular complexity index is 392. The van der Waals surface area contributed by atoms with Crippen molar-refractivity contribution in [3.8, 4) is 0 Å². The second-order valence-electron chi connectivity index (χ2n) is 5.76. The van der Waals surface area contributed by atoms with Gasteiger partial charge in [-0.15, -0.1) is 0 Å². The highest BCUT2D eigenvalue weighted by atomic mass is 16.5. The lowest BCUT2D eigenvalue weighted by molar-refractivity contribution is 0.0477. The fraction of sp³-hybridized carbons (Fsp3) is 0.867. The minimum Gasteiger partial charge on any atom is -0.370 e. The first-order chi connectivity index (χ1) is 9.69. The van der Waals surface area contributed by atoms with E-state index in [4.69, 9.17) is 15.0 Å². The maximum absolute atomic E-state index is 6.50. The molecule has 1 aromatic rings. The van der Waals surface area contributed by atoms with Gasteiger partial charge >= 0.3 is 0 Å². The molecule has 1 unspecified atom stereocenters. The van der Waals surface area contributed by atoms with Crippen LogP contribution in [0.1, 0.15) is 83.0 Å². The Kier molecular flexibility index (Phi) is 5.54. The highest BCUT2D eigenvalue weighted by Crippen LogP contribution is 2.33. The molecule has 2 rings (SSSR count). The minimum absolute atomic E-state index is 0.0723. The number of rotatable bonds is 6. The lowest BCUT2D eigenvalue weighted by Crippen LogP contribution is -2.36. The van der Waals surface area contributed by atoms with Crippen LogP contribution in [0.2, 0.25) is 0 Å². The predicted octanol–water partition coefficient (Wildman–Crippen LogP) is 3.46. The van der Waals surface area contributed by atoms with E-state index in [2.05, 4.69) is 17.1 Å². The van der Waals surface area contributed by atoms with Crippen LogP contribution in [0, 0.1) is 0 Å². The van der Waals surface area contributed by atoms with Gasteiger partial charge in [0.05, 0.1) is 5.54 Å². The molecule has 5 heteroatoms. The Balaban J connectivity index is 2.13. The molecule has 0 saturated heterocycles. The fourth-order valence-corrected chi connectivity index (χ4v) is 2.89. The molecule has 0 spiro atoms. The summed E-state index contributed by atoms with van der Waals surface area (Å²) in [5.41, 5.74) is 6.06. The van der Waals surface area contributed by atoms with Crippen molar-refractivity contribution >= 4 is 0 Å². The highest BCUT2D eigenvalue weighted by Gasteiger charge is 2.35. The minimum atomic E-state index is -0.440. The first-order valence-corrected chi connectivity index (χ1v) is 7.94. The number of ether oxygens (including phenoxy) is 1. The third-order valence-electron chi connectivity index (χ3n) is 4.07. The van der Waals surface area contributed by atoms with Gasteiger partial charge in [-0.2, -0.15) is 4.98 Å². The van der Waals surface area contributed by atoms with Gasteiger partial charge in [-0.05, 0) is 26.2 Å². The molecule has 0 amide bonds. The molecule has 2 N–H and O–H groups in total. The average Bonchev–Trinajstić information content (AvgIpc) is 2.83. The van der Waals surface area contributed by atoms with Crippen LogP contribution in [-0.2, 0) is 10.3 Å². The van der Waals surface area contributed by atoms with Crippen LogP contribution in [0.3, 0.4) is 0 Å². The summed E-state index contributed by atoms with van der Waals surface area (Å²) in [6, 6.07) is 0. The van der Waals surface area contributed by atoms with Crippen LogP contribution in [-0.4, -0.2) is 16.7 Å². The van der Waals surface area contributed by atoms with E-state index in [-0.39, 0.29) is 6.10 Å². The van der Waals surface area contributed by atoms with Crippen molar-refractivity contribution < 1.29 is 9.26 Å². The summed E-state index contributed by atoms with van der Waals surface area (Å²) in [6.07, 6.45) is 8.50. The van der Waals surface area contributed by atoms with E-state index in [9.17, 15) is 0 Å². The first kappa shape index (κ1) is 15.4. The number of hydrogen-bond donors (Lipinski definition) is 1. The molecular formula is C15H27N3O2. The second-order valence-corrected chi connectivity index (χ2v) is 5.76. The molecule has 0 aliphatic heterocycles. The summed E-state index contributed by atoms with van der Waals surface area (Å²) in [7, 11) is 0. The number of hydrogen-bond acceptors (Lipinski definition) is 5. The maximum atomic E-state index is 6.50. The molecule has 1 saturated carbocycles. The molecule has 1 aliphatic carbocycles. The molecule has 1 aromatic heterocycles. The van der Waals surface area contributed by atoms with Gasteiger partial charge in [-0.25, -0.2) is 0 Å². The van der Waals surface area contributed by atoms with Gasteiger partial charge in [-0.1, -0.05) is 44.2 Å². The molecule has 20 heavy (non-hydrogen) atoms. The molecule has 0 aromatic carbocycles. The standard InChI is InChI=1S/C15H27N3O2/c1-3-9-12(19-4-2)13-17-14(20-18-13)15(16)10-7-5-6-8-11-15/h12H,3-11,16H2,1-2H3. The normalized spacial score (nSPS) is 20.6. The Morgan fingerprint density at radius 3 is 2.55 bits per heavy atom. The van der Waals surface area contributed by atoms with Crippen LogP contribution in [0.15, 0.2) is 4.52 Å². The van der Waals surface area contributed by atoms with Gasteiger partial charge in [-0.3, -0.25) is 0 Å². The number of nitrogens with two attached hydrogens (primary N) is 1. The zero-order chi connectivity index (χ0) is 14.4. The van der Waals surface area contributed by atoms with Crippen molar-refractivity contribution in [3.63, 3.8) is 0 Å². The van der Waals surface area contributed by atoms with E-state index in [0.717, 1.165) is 38.5 Å². The van der Waals surface area contributed by atoms with Gasteiger partial charge in [0.1, 0.15) is 6.10 Å². The molecule has 1 fully saturated rings. The Morgan fingerprint density at radius 1 is 1.25 bits per heavy atom. The van der Waals surface area contributed by atoms with E-state index in [0.29, 0.717) is 18.3 Å². The monoisotopic (exact) mass is 281 g/mol. The van der Waals surface area contributed by atoms with Crippen molar-refractivity contribution in [3.05, 3.63) is 11.7 Å². The van der Waals surface area contributed by atoms with Crippen molar-refractivity contribution in [2.45, 2.75) is 76.9 Å². The van der Waals surface area contributed by atoms with E-state index >= 15 is 0 Å². The molecule has 0 bridgehead atoms. The van der Waals surface area contributed by atoms with Crippen LogP contribution in [0.4, 0.5) is 0 Å². The zero-order valence-electron chi connectivity index (χ0n) is 12.7. The molecule has 0 radical (unpaired) electrons. The van der Waals surface area contributed by atoms with Crippen molar-refractivity contribution in [2.75, 3.05) is 6.61 Å². The molecule has 1 atom stereocenters. The lowest BCUT2D eigenvalue weighted by atomic mass is 9.91. The van der Waals surface area contributed by atoms with E-state index < -0.39 is 5.54 Å². The summed E-state index contributed by atoms with van der Waals surface area (Å²) in [4.78, 5) is 4.56. The third-order valence-corrected chi connectivity index (χ3v) is 4.07. The third kappa shape index (κ3) is 3.58. The van der Waals surface area contributed by atoms with Gasteiger partial charge in [0, 0.05) is 6.61 Å². The van der Waals surface area contributed by atoms with Crippen LogP contribution in [0.5, 0.6) is 0 Å². The van der Waals surface area contributed by atoms with Gasteiger partial charge < -0.3 is 15.0 Å². The quantitative estimate of drug-likeness (QED) is 0.808. The lowest BCUT2D eigenvalue weighted by Gasteiger charge is -2.22. The maximum Gasteiger partial charge on any atom is 0.246 e. The Morgan fingerprint density at radius 2 is 1.95 bits per heavy atom. The first-order valence-electron chi connectivity index (χ1n) is 7.94. The molecule has 5 nitrogen and oxygen atoms in total. The second kappa shape index (κ2) is 7.18. The highest BCUT2D eigenvalue weighted by molar-refractivity contribution is 5.04. The van der Waals surface area contributed by atoms with E-state index in [1.807, 2.05) is 6.92 Å². The number of nitrogens with zero attached hydrogens (tertiary/aromatic N) is 2. The van der Waals surface area contributed by atoms with Gasteiger partial charge in [0.25, 0.3) is 0 Å². The van der Waals surface area contributed by atoms with Crippen molar-refractivity contribution in [1.29, 1.82) is 0 Å². The van der Waals surface area contributed by atoms with Crippen molar-refractivity contribution in [2.24, 2.45) is 5.73 Å². The summed E-state index contributed by atoms with van der Waals surface area (Å²) >= 11 is 0. The van der Waals surface area contributed by atoms with Gasteiger partial charge in [0.2, 0.25) is 11.7 Å². The van der Waals surface area contributed by atoms with Crippen molar-refractivity contribution in [1.82, 2.24) is 10.1 Å². The molecular weight excluding hydrogens is 254 g/mol. The topological polar surface area (TPSA) is 74.2 Å². The Hall–Kier alpha value is -0.940. The van der Waals surface area contributed by atoms with Crippen LogP contribution >= 0.6 is 0 Å². The summed E-state index contributed by atoms with van der Waals surface area (Å²) < 4.78 is 11.2. The van der Waals surface area contributed by atoms with Gasteiger partial charge in [0.15, 0.2) is 0 Å².